The van der Waals surface area contributed by atoms with E-state index in [1.165, 1.54) is 6.21 Å². The summed E-state index contributed by atoms with van der Waals surface area (Å²) in [5, 5.41) is 12.6. The normalized spacial score (nSPS) is 10.2. The lowest BCUT2D eigenvalue weighted by Gasteiger charge is -2.05. The third-order valence-electron chi connectivity index (χ3n) is 2.83. The second-order valence-corrected chi connectivity index (χ2v) is 5.44. The van der Waals surface area contributed by atoms with E-state index in [0.717, 1.165) is 9.13 Å². The van der Waals surface area contributed by atoms with Gasteiger partial charge in [-0.2, -0.15) is 10.4 Å². The predicted octanol–water partition coefficient (Wildman–Crippen LogP) is 2.94. The minimum atomic E-state index is -0.320. The third kappa shape index (κ3) is 4.05. The van der Waals surface area contributed by atoms with Gasteiger partial charge in [-0.05, 0) is 58.5 Å². The number of nitrogens with zero attached hydrogens (tertiary/aromatic N) is 2. The van der Waals surface area contributed by atoms with E-state index in [-0.39, 0.29) is 5.91 Å². The summed E-state index contributed by atoms with van der Waals surface area (Å²) in [5.41, 5.74) is 4.29. The Morgan fingerprint density at radius 3 is 2.68 bits per heavy atom. The van der Waals surface area contributed by atoms with Gasteiger partial charge in [0.2, 0.25) is 0 Å². The fraction of sp³-hybridized carbons (Fsp3) is 0.0625. The molecule has 0 saturated carbocycles. The molecule has 0 aromatic heterocycles. The first-order valence-corrected chi connectivity index (χ1v) is 7.39. The van der Waals surface area contributed by atoms with Crippen LogP contribution in [0.1, 0.15) is 21.5 Å². The SMILES string of the molecule is COc1cc(C(=O)N/N=C/c2ccc(C#N)cc2)ccc1I. The van der Waals surface area contributed by atoms with Crippen molar-refractivity contribution >= 4 is 34.7 Å². The summed E-state index contributed by atoms with van der Waals surface area (Å²) < 4.78 is 6.11. The van der Waals surface area contributed by atoms with Crippen LogP contribution >= 0.6 is 22.6 Å². The van der Waals surface area contributed by atoms with E-state index < -0.39 is 0 Å². The molecule has 0 spiro atoms. The highest BCUT2D eigenvalue weighted by molar-refractivity contribution is 14.1. The number of rotatable bonds is 4. The van der Waals surface area contributed by atoms with E-state index in [1.807, 2.05) is 6.07 Å². The first-order valence-electron chi connectivity index (χ1n) is 6.31. The Morgan fingerprint density at radius 2 is 2.05 bits per heavy atom. The van der Waals surface area contributed by atoms with Gasteiger partial charge in [0, 0.05) is 5.56 Å². The number of amides is 1. The molecular formula is C16H12IN3O2. The molecule has 2 aromatic carbocycles. The van der Waals surface area contributed by atoms with Gasteiger partial charge in [0.1, 0.15) is 5.75 Å². The first kappa shape index (κ1) is 16.0. The predicted molar refractivity (Wildman–Crippen MR) is 91.9 cm³/mol. The summed E-state index contributed by atoms with van der Waals surface area (Å²) >= 11 is 2.13. The highest BCUT2D eigenvalue weighted by Crippen LogP contribution is 2.21. The molecule has 2 rings (SSSR count). The quantitative estimate of drug-likeness (QED) is 0.483. The van der Waals surface area contributed by atoms with Gasteiger partial charge in [-0.15, -0.1) is 0 Å². The number of nitriles is 1. The van der Waals surface area contributed by atoms with Gasteiger partial charge in [-0.3, -0.25) is 4.79 Å². The number of benzene rings is 2. The number of carbonyl (C=O) groups excluding carboxylic acids is 1. The van der Waals surface area contributed by atoms with E-state index in [4.69, 9.17) is 10.00 Å². The van der Waals surface area contributed by atoms with Crippen molar-refractivity contribution in [1.82, 2.24) is 5.43 Å². The van der Waals surface area contributed by atoms with E-state index in [1.54, 1.807) is 49.6 Å². The van der Waals surface area contributed by atoms with Gasteiger partial charge in [0.05, 0.1) is 28.5 Å². The molecule has 5 nitrogen and oxygen atoms in total. The molecule has 0 unspecified atom stereocenters. The Bertz CT molecular complexity index is 749. The summed E-state index contributed by atoms with van der Waals surface area (Å²) in [6.07, 6.45) is 1.52. The van der Waals surface area contributed by atoms with Crippen LogP contribution in [0.4, 0.5) is 0 Å². The molecule has 0 saturated heterocycles. The summed E-state index contributed by atoms with van der Waals surface area (Å²) in [7, 11) is 1.56. The van der Waals surface area contributed by atoms with Crippen LogP contribution in [-0.2, 0) is 0 Å². The van der Waals surface area contributed by atoms with E-state index in [2.05, 4.69) is 33.1 Å². The van der Waals surface area contributed by atoms with Crippen molar-refractivity contribution in [2.45, 2.75) is 0 Å². The molecule has 0 aliphatic carbocycles. The van der Waals surface area contributed by atoms with Crippen molar-refractivity contribution in [2.24, 2.45) is 5.10 Å². The van der Waals surface area contributed by atoms with Crippen LogP contribution < -0.4 is 10.2 Å². The van der Waals surface area contributed by atoms with Crippen molar-refractivity contribution < 1.29 is 9.53 Å². The molecule has 1 N–H and O–H groups in total. The van der Waals surface area contributed by atoms with Crippen LogP contribution in [0.15, 0.2) is 47.6 Å². The van der Waals surface area contributed by atoms with Gasteiger partial charge >= 0.3 is 0 Å². The number of hydrazone groups is 1. The molecule has 0 bridgehead atoms. The molecule has 1 amide bonds. The minimum absolute atomic E-state index is 0.320. The standard InChI is InChI=1S/C16H12IN3O2/c1-22-15-8-13(6-7-14(15)17)16(21)20-19-10-12-4-2-11(9-18)3-5-12/h2-8,10H,1H3,(H,20,21)/b19-10+. The molecule has 0 atom stereocenters. The maximum Gasteiger partial charge on any atom is 0.271 e. The van der Waals surface area contributed by atoms with Crippen LogP contribution in [0.3, 0.4) is 0 Å². The van der Waals surface area contributed by atoms with Gasteiger partial charge in [-0.1, -0.05) is 12.1 Å². The number of carbonyl (C=O) groups is 1. The topological polar surface area (TPSA) is 74.5 Å². The molecule has 0 radical (unpaired) electrons. The zero-order chi connectivity index (χ0) is 15.9. The third-order valence-corrected chi connectivity index (χ3v) is 3.72. The molecule has 0 aliphatic rings. The smallest absolute Gasteiger partial charge is 0.271 e. The van der Waals surface area contributed by atoms with Crippen LogP contribution in [0.2, 0.25) is 0 Å². The fourth-order valence-corrected chi connectivity index (χ4v) is 2.23. The van der Waals surface area contributed by atoms with Crippen LogP contribution in [0.25, 0.3) is 0 Å². The molecule has 22 heavy (non-hydrogen) atoms. The second-order valence-electron chi connectivity index (χ2n) is 4.28. The lowest BCUT2D eigenvalue weighted by Crippen LogP contribution is -2.17. The van der Waals surface area contributed by atoms with Gasteiger partial charge < -0.3 is 4.74 Å². The Hall–Kier alpha value is -2.40. The number of methoxy groups -OCH3 is 1. The monoisotopic (exact) mass is 405 g/mol. The molecule has 110 valence electrons. The van der Waals surface area contributed by atoms with Crippen molar-refractivity contribution in [2.75, 3.05) is 7.11 Å². The number of hydrogen-bond donors (Lipinski definition) is 1. The minimum Gasteiger partial charge on any atom is -0.496 e. The maximum absolute atomic E-state index is 12.0. The molecule has 0 aliphatic heterocycles. The molecular weight excluding hydrogens is 393 g/mol. The Balaban J connectivity index is 2.02. The zero-order valence-corrected chi connectivity index (χ0v) is 13.9. The highest BCUT2D eigenvalue weighted by Gasteiger charge is 2.08. The van der Waals surface area contributed by atoms with E-state index >= 15 is 0 Å². The van der Waals surface area contributed by atoms with E-state index in [9.17, 15) is 4.79 Å². The van der Waals surface area contributed by atoms with Crippen molar-refractivity contribution in [3.63, 3.8) is 0 Å². The lowest BCUT2D eigenvalue weighted by molar-refractivity contribution is 0.0955. The van der Waals surface area contributed by atoms with Crippen molar-refractivity contribution in [3.05, 3.63) is 62.7 Å². The van der Waals surface area contributed by atoms with Gasteiger partial charge in [0.15, 0.2) is 0 Å². The zero-order valence-electron chi connectivity index (χ0n) is 11.7. The second kappa shape index (κ2) is 7.56. The van der Waals surface area contributed by atoms with Crippen molar-refractivity contribution in [1.29, 1.82) is 5.26 Å². The molecule has 0 fully saturated rings. The summed E-state index contributed by atoms with van der Waals surface area (Å²) in [6, 6.07) is 14.1. The van der Waals surface area contributed by atoms with Gasteiger partial charge in [0.25, 0.3) is 5.91 Å². The molecule has 0 heterocycles. The fourth-order valence-electron chi connectivity index (χ4n) is 1.67. The summed E-state index contributed by atoms with van der Waals surface area (Å²) in [6.45, 7) is 0. The van der Waals surface area contributed by atoms with Crippen LogP contribution in [0, 0.1) is 14.9 Å². The number of hydrogen-bond acceptors (Lipinski definition) is 4. The Morgan fingerprint density at radius 1 is 1.32 bits per heavy atom. The first-order chi connectivity index (χ1) is 10.6. The van der Waals surface area contributed by atoms with Crippen LogP contribution in [0.5, 0.6) is 5.75 Å². The molecule has 2 aromatic rings. The maximum atomic E-state index is 12.0. The van der Waals surface area contributed by atoms with Crippen molar-refractivity contribution in [3.8, 4) is 11.8 Å². The van der Waals surface area contributed by atoms with Crippen LogP contribution in [-0.4, -0.2) is 19.2 Å². The summed E-state index contributed by atoms with van der Waals surface area (Å²) in [5.74, 6) is 0.323. The molecule has 6 heteroatoms. The summed E-state index contributed by atoms with van der Waals surface area (Å²) in [4.78, 5) is 12.0. The van der Waals surface area contributed by atoms with Gasteiger partial charge in [-0.25, -0.2) is 5.43 Å². The Kier molecular flexibility index (Phi) is 5.49. The average molecular weight is 405 g/mol. The highest BCUT2D eigenvalue weighted by atomic mass is 127. The lowest BCUT2D eigenvalue weighted by atomic mass is 10.2. The number of nitrogens with one attached hydrogen (secondary N) is 1. The Labute approximate surface area is 141 Å². The number of ether oxygens (including phenoxy) is 1. The number of halogens is 1. The van der Waals surface area contributed by atoms with E-state index in [0.29, 0.717) is 16.9 Å². The average Bonchev–Trinajstić information content (AvgIpc) is 2.55. The largest absolute Gasteiger partial charge is 0.496 e.